The Morgan fingerprint density at radius 3 is 2.55 bits per heavy atom. The molecule has 0 radical (unpaired) electrons. The van der Waals surface area contributed by atoms with Crippen LogP contribution in [0.2, 0.25) is 0 Å². The Bertz CT molecular complexity index is 389. The molecule has 0 fully saturated rings. The number of hydrogen-bond donors (Lipinski definition) is 3. The van der Waals surface area contributed by atoms with Gasteiger partial charge in [0.05, 0.1) is 5.69 Å². The van der Waals surface area contributed by atoms with Gasteiger partial charge in [-0.1, -0.05) is 18.2 Å². The predicted octanol–water partition coefficient (Wildman–Crippen LogP) is 1.33. The van der Waals surface area contributed by atoms with Crippen molar-refractivity contribution in [2.45, 2.75) is 0 Å². The molecule has 0 saturated heterocycles. The maximum Gasteiger partial charge on any atom is 0.125 e. The van der Waals surface area contributed by atoms with E-state index in [0.29, 0.717) is 11.5 Å². The monoisotopic (exact) mass is 147 g/mol. The number of para-hydroxylation sites is 1. The van der Waals surface area contributed by atoms with Crippen LogP contribution in [0.3, 0.4) is 0 Å². The van der Waals surface area contributed by atoms with E-state index in [4.69, 9.17) is 11.5 Å². The molecule has 0 aliphatic rings. The van der Waals surface area contributed by atoms with Crippen LogP contribution in [0.25, 0.3) is 10.9 Å². The third kappa shape index (κ3) is 0.741. The molecule has 0 spiro atoms. The van der Waals surface area contributed by atoms with Crippen molar-refractivity contribution in [3.8, 4) is 0 Å². The average molecular weight is 147 g/mol. The van der Waals surface area contributed by atoms with Gasteiger partial charge < -0.3 is 16.5 Å². The van der Waals surface area contributed by atoms with Crippen LogP contribution in [0.5, 0.6) is 0 Å². The lowest BCUT2D eigenvalue weighted by atomic mass is 10.2. The highest BCUT2D eigenvalue weighted by atomic mass is 14.9. The first-order valence-electron chi connectivity index (χ1n) is 3.40. The summed E-state index contributed by atoms with van der Waals surface area (Å²) in [5.41, 5.74) is 12.9. The number of nitrogens with one attached hydrogen (secondary N) is 1. The second kappa shape index (κ2) is 1.92. The van der Waals surface area contributed by atoms with Gasteiger partial charge >= 0.3 is 0 Å². The van der Waals surface area contributed by atoms with Crippen LogP contribution in [0, 0.1) is 0 Å². The molecule has 0 aliphatic carbocycles. The number of nitrogens with two attached hydrogens (primary N) is 2. The first-order chi connectivity index (χ1) is 5.29. The largest absolute Gasteiger partial charge is 0.395 e. The van der Waals surface area contributed by atoms with E-state index in [9.17, 15) is 0 Å². The van der Waals surface area contributed by atoms with E-state index < -0.39 is 0 Å². The Morgan fingerprint density at radius 2 is 1.82 bits per heavy atom. The van der Waals surface area contributed by atoms with Crippen LogP contribution >= 0.6 is 0 Å². The number of nitrogen functional groups attached to an aromatic ring is 2. The number of aromatic nitrogens is 1. The van der Waals surface area contributed by atoms with Crippen LogP contribution in [0.15, 0.2) is 24.3 Å². The van der Waals surface area contributed by atoms with Gasteiger partial charge in [0.1, 0.15) is 5.82 Å². The summed E-state index contributed by atoms with van der Waals surface area (Å²) in [5, 5.41) is 0.991. The van der Waals surface area contributed by atoms with Gasteiger partial charge in [-0.25, -0.2) is 0 Å². The Kier molecular flexibility index (Phi) is 1.06. The zero-order valence-corrected chi connectivity index (χ0v) is 5.96. The zero-order valence-electron chi connectivity index (χ0n) is 5.96. The highest BCUT2D eigenvalue weighted by Crippen LogP contribution is 2.25. The predicted molar refractivity (Wildman–Crippen MR) is 47.1 cm³/mol. The van der Waals surface area contributed by atoms with E-state index in [1.165, 1.54) is 0 Å². The number of H-pyrrole nitrogens is 1. The minimum Gasteiger partial charge on any atom is -0.395 e. The first-order valence-corrected chi connectivity index (χ1v) is 3.40. The summed E-state index contributed by atoms with van der Waals surface area (Å²) in [6.45, 7) is 0. The second-order valence-corrected chi connectivity index (χ2v) is 2.50. The molecule has 0 amide bonds. The lowest BCUT2D eigenvalue weighted by molar-refractivity contribution is 1.47. The molecule has 56 valence electrons. The van der Waals surface area contributed by atoms with Gasteiger partial charge in [0.2, 0.25) is 0 Å². The molecular formula is C8H9N3. The van der Waals surface area contributed by atoms with Crippen molar-refractivity contribution in [2.24, 2.45) is 0 Å². The molecule has 0 bridgehead atoms. The van der Waals surface area contributed by atoms with Gasteiger partial charge in [-0.15, -0.1) is 0 Å². The number of fused-ring (bicyclic) bond motifs is 1. The summed E-state index contributed by atoms with van der Waals surface area (Å²) in [5.74, 6) is 0.547. The summed E-state index contributed by atoms with van der Waals surface area (Å²) in [7, 11) is 0. The molecule has 1 heterocycles. The summed E-state index contributed by atoms with van der Waals surface area (Å²) in [6.07, 6.45) is 0. The lowest BCUT2D eigenvalue weighted by Crippen LogP contribution is -1.90. The number of aromatic amines is 1. The molecule has 0 atom stereocenters. The van der Waals surface area contributed by atoms with E-state index in [1.54, 1.807) is 0 Å². The van der Waals surface area contributed by atoms with E-state index in [-0.39, 0.29) is 0 Å². The molecule has 0 unspecified atom stereocenters. The van der Waals surface area contributed by atoms with Crippen molar-refractivity contribution >= 4 is 22.4 Å². The van der Waals surface area contributed by atoms with E-state index in [0.717, 1.165) is 10.9 Å². The molecule has 5 N–H and O–H groups in total. The molecule has 0 saturated carbocycles. The Labute approximate surface area is 64.0 Å². The van der Waals surface area contributed by atoms with Crippen molar-refractivity contribution < 1.29 is 0 Å². The van der Waals surface area contributed by atoms with Gasteiger partial charge in [0.25, 0.3) is 0 Å². The molecule has 1 aromatic heterocycles. The third-order valence-corrected chi connectivity index (χ3v) is 1.78. The SMILES string of the molecule is Nc1[nH]c2ccccc2c1N. The fourth-order valence-electron chi connectivity index (χ4n) is 1.18. The fourth-order valence-corrected chi connectivity index (χ4v) is 1.18. The quantitative estimate of drug-likeness (QED) is 0.526. The second-order valence-electron chi connectivity index (χ2n) is 2.50. The van der Waals surface area contributed by atoms with Crippen molar-refractivity contribution in [3.63, 3.8) is 0 Å². The smallest absolute Gasteiger partial charge is 0.125 e. The van der Waals surface area contributed by atoms with Crippen LogP contribution in [0.4, 0.5) is 11.5 Å². The Balaban J connectivity index is 2.92. The molecular weight excluding hydrogens is 138 g/mol. The summed E-state index contributed by atoms with van der Waals surface area (Å²) < 4.78 is 0. The summed E-state index contributed by atoms with van der Waals surface area (Å²) >= 11 is 0. The Hall–Kier alpha value is -1.64. The molecule has 3 heteroatoms. The summed E-state index contributed by atoms with van der Waals surface area (Å²) in [6, 6.07) is 7.77. The summed E-state index contributed by atoms with van der Waals surface area (Å²) in [4.78, 5) is 2.98. The van der Waals surface area contributed by atoms with Crippen molar-refractivity contribution in [2.75, 3.05) is 11.5 Å². The van der Waals surface area contributed by atoms with Gasteiger partial charge in [-0.05, 0) is 6.07 Å². The highest BCUT2D eigenvalue weighted by molar-refractivity contribution is 5.97. The normalized spacial score (nSPS) is 10.5. The van der Waals surface area contributed by atoms with E-state index >= 15 is 0 Å². The van der Waals surface area contributed by atoms with Gasteiger partial charge in [-0.2, -0.15) is 0 Å². The number of anilines is 2. The third-order valence-electron chi connectivity index (χ3n) is 1.78. The van der Waals surface area contributed by atoms with Gasteiger partial charge in [0.15, 0.2) is 0 Å². The maximum atomic E-state index is 5.68. The van der Waals surface area contributed by atoms with Crippen LogP contribution in [-0.2, 0) is 0 Å². The highest BCUT2D eigenvalue weighted by Gasteiger charge is 2.02. The van der Waals surface area contributed by atoms with Crippen molar-refractivity contribution in [1.29, 1.82) is 0 Å². The van der Waals surface area contributed by atoms with Gasteiger partial charge in [0, 0.05) is 10.9 Å². The standard InChI is InChI=1S/C8H9N3/c9-7-5-3-1-2-4-6(5)11-8(7)10/h1-4,11H,9-10H2. The minimum absolute atomic E-state index is 0.547. The topological polar surface area (TPSA) is 67.8 Å². The van der Waals surface area contributed by atoms with Crippen molar-refractivity contribution in [3.05, 3.63) is 24.3 Å². The molecule has 0 aliphatic heterocycles. The van der Waals surface area contributed by atoms with Crippen molar-refractivity contribution in [1.82, 2.24) is 4.98 Å². The number of rotatable bonds is 0. The zero-order chi connectivity index (χ0) is 7.84. The fraction of sp³-hybridized carbons (Fsp3) is 0. The number of benzene rings is 1. The molecule has 11 heavy (non-hydrogen) atoms. The average Bonchev–Trinajstić information content (AvgIpc) is 2.30. The molecule has 3 nitrogen and oxygen atoms in total. The van der Waals surface area contributed by atoms with Gasteiger partial charge in [-0.3, -0.25) is 0 Å². The van der Waals surface area contributed by atoms with E-state index in [2.05, 4.69) is 4.98 Å². The maximum absolute atomic E-state index is 5.68. The first kappa shape index (κ1) is 6.09. The van der Waals surface area contributed by atoms with Crippen LogP contribution < -0.4 is 11.5 Å². The molecule has 2 rings (SSSR count). The van der Waals surface area contributed by atoms with Crippen LogP contribution in [0.1, 0.15) is 0 Å². The van der Waals surface area contributed by atoms with Crippen LogP contribution in [-0.4, -0.2) is 4.98 Å². The molecule has 2 aromatic rings. The number of hydrogen-bond acceptors (Lipinski definition) is 2. The Morgan fingerprint density at radius 1 is 1.09 bits per heavy atom. The molecule has 1 aromatic carbocycles. The van der Waals surface area contributed by atoms with E-state index in [1.807, 2.05) is 24.3 Å². The minimum atomic E-state index is 0.547. The lowest BCUT2D eigenvalue weighted by Gasteiger charge is -1.88.